The predicted octanol–water partition coefficient (Wildman–Crippen LogP) is 3.51. The molecule has 156 valence electrons. The summed E-state index contributed by atoms with van der Waals surface area (Å²) in [5, 5.41) is 2.84. The topological polar surface area (TPSA) is 72.0 Å². The Morgan fingerprint density at radius 1 is 1.21 bits per heavy atom. The fourth-order valence-electron chi connectivity index (χ4n) is 3.56. The third-order valence-electron chi connectivity index (χ3n) is 5.10. The van der Waals surface area contributed by atoms with Crippen LogP contribution in [0.25, 0.3) is 0 Å². The molecule has 1 aromatic rings. The lowest BCUT2D eigenvalue weighted by Gasteiger charge is -2.47. The standard InChI is InChI=1S/C20H31N3O4S/c1-14(2)16-21-15(12-28-16)17(24)23-10-11-26-20(13-23)6-8-22(9-7-20)18(25)27-19(3,4)5/h12,14H,6-11,13H2,1-5H3. The van der Waals surface area contributed by atoms with Gasteiger partial charge in [-0.3, -0.25) is 4.79 Å². The van der Waals surface area contributed by atoms with E-state index in [-0.39, 0.29) is 17.6 Å². The number of nitrogens with zero attached hydrogens (tertiary/aromatic N) is 3. The number of ether oxygens (including phenoxy) is 2. The third-order valence-corrected chi connectivity index (χ3v) is 6.24. The molecule has 1 spiro atoms. The first-order valence-electron chi connectivity index (χ1n) is 9.95. The summed E-state index contributed by atoms with van der Waals surface area (Å²) in [6.45, 7) is 12.5. The molecule has 2 saturated heterocycles. The van der Waals surface area contributed by atoms with Gasteiger partial charge in [0.2, 0.25) is 0 Å². The second-order valence-electron chi connectivity index (χ2n) is 8.95. The number of amides is 2. The quantitative estimate of drug-likeness (QED) is 0.747. The van der Waals surface area contributed by atoms with Crippen molar-refractivity contribution < 1.29 is 19.1 Å². The molecule has 0 saturated carbocycles. The van der Waals surface area contributed by atoms with Gasteiger partial charge in [-0.2, -0.15) is 0 Å². The van der Waals surface area contributed by atoms with Gasteiger partial charge in [-0.15, -0.1) is 11.3 Å². The van der Waals surface area contributed by atoms with E-state index in [2.05, 4.69) is 18.8 Å². The number of hydrogen-bond acceptors (Lipinski definition) is 6. The van der Waals surface area contributed by atoms with Crippen LogP contribution in [0.4, 0.5) is 4.79 Å². The minimum absolute atomic E-state index is 0.0274. The zero-order valence-corrected chi connectivity index (χ0v) is 18.3. The average molecular weight is 410 g/mol. The van der Waals surface area contributed by atoms with Gasteiger partial charge < -0.3 is 19.3 Å². The lowest BCUT2D eigenvalue weighted by molar-refractivity contribution is -0.126. The lowest BCUT2D eigenvalue weighted by Crippen LogP contribution is -2.58. The van der Waals surface area contributed by atoms with Crippen molar-refractivity contribution in [1.29, 1.82) is 0 Å². The minimum Gasteiger partial charge on any atom is -0.444 e. The van der Waals surface area contributed by atoms with Gasteiger partial charge in [0.25, 0.3) is 5.91 Å². The average Bonchev–Trinajstić information content (AvgIpc) is 3.10. The fourth-order valence-corrected chi connectivity index (χ4v) is 4.37. The number of rotatable bonds is 2. The van der Waals surface area contributed by atoms with Crippen molar-refractivity contribution in [1.82, 2.24) is 14.8 Å². The van der Waals surface area contributed by atoms with Crippen molar-refractivity contribution in [2.45, 2.75) is 64.6 Å². The molecule has 0 aliphatic carbocycles. The molecule has 7 nitrogen and oxygen atoms in total. The van der Waals surface area contributed by atoms with Gasteiger partial charge in [-0.25, -0.2) is 9.78 Å². The number of carbonyl (C=O) groups excluding carboxylic acids is 2. The second kappa shape index (κ2) is 7.99. The molecule has 0 N–H and O–H groups in total. The highest BCUT2D eigenvalue weighted by Gasteiger charge is 2.42. The first-order valence-corrected chi connectivity index (χ1v) is 10.8. The van der Waals surface area contributed by atoms with Gasteiger partial charge in [-0.05, 0) is 33.6 Å². The molecule has 1 aromatic heterocycles. The zero-order valence-electron chi connectivity index (χ0n) is 17.5. The van der Waals surface area contributed by atoms with Gasteiger partial charge in [-0.1, -0.05) is 13.8 Å². The highest BCUT2D eigenvalue weighted by molar-refractivity contribution is 7.09. The summed E-state index contributed by atoms with van der Waals surface area (Å²) in [4.78, 5) is 33.3. The number of hydrogen-bond donors (Lipinski definition) is 0. The van der Waals surface area contributed by atoms with E-state index in [4.69, 9.17) is 9.47 Å². The normalized spacial score (nSPS) is 19.9. The third kappa shape index (κ3) is 4.84. The largest absolute Gasteiger partial charge is 0.444 e. The number of piperidine rings is 1. The van der Waals surface area contributed by atoms with Crippen molar-refractivity contribution in [3.63, 3.8) is 0 Å². The zero-order chi connectivity index (χ0) is 20.5. The van der Waals surface area contributed by atoms with Crippen LogP contribution in [-0.2, 0) is 9.47 Å². The van der Waals surface area contributed by atoms with Gasteiger partial charge in [0, 0.05) is 30.9 Å². The van der Waals surface area contributed by atoms with E-state index in [1.54, 1.807) is 4.90 Å². The maximum absolute atomic E-state index is 12.9. The minimum atomic E-state index is -0.501. The monoisotopic (exact) mass is 409 g/mol. The molecule has 0 radical (unpaired) electrons. The molecule has 3 rings (SSSR count). The van der Waals surface area contributed by atoms with Crippen molar-refractivity contribution in [3.8, 4) is 0 Å². The predicted molar refractivity (Wildman–Crippen MR) is 108 cm³/mol. The van der Waals surface area contributed by atoms with Crippen LogP contribution in [0.5, 0.6) is 0 Å². The molecule has 2 aliphatic heterocycles. The van der Waals surface area contributed by atoms with E-state index in [9.17, 15) is 9.59 Å². The first-order chi connectivity index (χ1) is 13.1. The molecule has 3 heterocycles. The van der Waals surface area contributed by atoms with E-state index in [0.29, 0.717) is 57.2 Å². The number of likely N-dealkylation sites (tertiary alicyclic amines) is 1. The molecular formula is C20H31N3O4S. The Morgan fingerprint density at radius 2 is 1.89 bits per heavy atom. The van der Waals surface area contributed by atoms with Crippen LogP contribution in [-0.4, -0.2) is 70.8 Å². The van der Waals surface area contributed by atoms with E-state index in [1.165, 1.54) is 11.3 Å². The summed E-state index contributed by atoms with van der Waals surface area (Å²) in [5.41, 5.74) is -0.361. The molecule has 2 aliphatic rings. The first kappa shape index (κ1) is 21.0. The Morgan fingerprint density at radius 3 is 2.46 bits per heavy atom. The summed E-state index contributed by atoms with van der Waals surface area (Å²) < 4.78 is 11.6. The molecule has 0 bridgehead atoms. The maximum atomic E-state index is 12.9. The Balaban J connectivity index is 1.60. The van der Waals surface area contributed by atoms with Crippen LogP contribution >= 0.6 is 11.3 Å². The highest BCUT2D eigenvalue weighted by atomic mass is 32.1. The lowest BCUT2D eigenvalue weighted by atomic mass is 9.89. The van der Waals surface area contributed by atoms with Crippen LogP contribution in [0.3, 0.4) is 0 Å². The van der Waals surface area contributed by atoms with Crippen molar-refractivity contribution in [3.05, 3.63) is 16.1 Å². The van der Waals surface area contributed by atoms with Gasteiger partial charge in [0.1, 0.15) is 11.3 Å². The summed E-state index contributed by atoms with van der Waals surface area (Å²) in [5.74, 6) is 0.292. The Kier molecular flexibility index (Phi) is 6.00. The van der Waals surface area contributed by atoms with Crippen molar-refractivity contribution >= 4 is 23.3 Å². The number of thiazole rings is 1. The molecule has 2 amide bonds. The van der Waals surface area contributed by atoms with Crippen molar-refractivity contribution in [2.24, 2.45) is 0 Å². The maximum Gasteiger partial charge on any atom is 0.410 e. The molecule has 2 fully saturated rings. The SMILES string of the molecule is CC(C)c1nc(C(=O)N2CCOC3(CCN(C(=O)OC(C)(C)C)CC3)C2)cs1. The van der Waals surface area contributed by atoms with E-state index in [0.717, 1.165) is 5.01 Å². The summed E-state index contributed by atoms with van der Waals surface area (Å²) >= 11 is 1.54. The summed E-state index contributed by atoms with van der Waals surface area (Å²) in [6.07, 6.45) is 1.11. The molecule has 8 heteroatoms. The molecule has 28 heavy (non-hydrogen) atoms. The van der Waals surface area contributed by atoms with E-state index in [1.807, 2.05) is 31.1 Å². The van der Waals surface area contributed by atoms with Crippen LogP contribution in [0.1, 0.15) is 68.9 Å². The Hall–Kier alpha value is -1.67. The second-order valence-corrected chi connectivity index (χ2v) is 9.84. The molecule has 0 unspecified atom stereocenters. The highest BCUT2D eigenvalue weighted by Crippen LogP contribution is 2.31. The van der Waals surface area contributed by atoms with Crippen LogP contribution in [0.15, 0.2) is 5.38 Å². The molecule has 0 aromatic carbocycles. The van der Waals surface area contributed by atoms with E-state index >= 15 is 0 Å². The molecule has 0 atom stereocenters. The Labute approximate surface area is 171 Å². The van der Waals surface area contributed by atoms with Crippen LogP contribution in [0, 0.1) is 0 Å². The molecular weight excluding hydrogens is 378 g/mol. The van der Waals surface area contributed by atoms with Gasteiger partial charge >= 0.3 is 6.09 Å². The summed E-state index contributed by atoms with van der Waals surface area (Å²) in [6, 6.07) is 0. The van der Waals surface area contributed by atoms with Gasteiger partial charge in [0.15, 0.2) is 0 Å². The number of aromatic nitrogens is 1. The van der Waals surface area contributed by atoms with Crippen LogP contribution in [0.2, 0.25) is 0 Å². The Bertz CT molecular complexity index is 717. The van der Waals surface area contributed by atoms with Gasteiger partial charge in [0.05, 0.1) is 23.8 Å². The smallest absolute Gasteiger partial charge is 0.410 e. The van der Waals surface area contributed by atoms with Crippen molar-refractivity contribution in [2.75, 3.05) is 32.8 Å². The fraction of sp³-hybridized carbons (Fsp3) is 0.750. The number of carbonyl (C=O) groups is 2. The number of morpholine rings is 1. The summed E-state index contributed by atoms with van der Waals surface area (Å²) in [7, 11) is 0. The van der Waals surface area contributed by atoms with Crippen LogP contribution < -0.4 is 0 Å². The van der Waals surface area contributed by atoms with E-state index < -0.39 is 5.60 Å².